The van der Waals surface area contributed by atoms with E-state index >= 15 is 0 Å². The van der Waals surface area contributed by atoms with Crippen LogP contribution in [0.15, 0.2) is 21.7 Å². The van der Waals surface area contributed by atoms with Crippen molar-refractivity contribution in [3.8, 4) is 0 Å². The molecule has 2 unspecified atom stereocenters. The summed E-state index contributed by atoms with van der Waals surface area (Å²) < 4.78 is 31.8. The number of ether oxygens (including phenoxy) is 1. The molecule has 1 amide bonds. The van der Waals surface area contributed by atoms with Crippen molar-refractivity contribution in [2.24, 2.45) is 0 Å². The van der Waals surface area contributed by atoms with Crippen LogP contribution in [-0.2, 0) is 24.3 Å². The van der Waals surface area contributed by atoms with E-state index in [9.17, 15) is 18.0 Å². The summed E-state index contributed by atoms with van der Waals surface area (Å²) in [5.74, 6) is -1.64. The molecule has 1 aromatic heterocycles. The summed E-state index contributed by atoms with van der Waals surface area (Å²) in [5.41, 5.74) is -0.994. The number of nitrogens with one attached hydrogen (secondary N) is 2. The van der Waals surface area contributed by atoms with Crippen molar-refractivity contribution in [1.29, 1.82) is 0 Å². The van der Waals surface area contributed by atoms with Gasteiger partial charge in [0.2, 0.25) is 5.91 Å². The Bertz CT molecular complexity index is 665. The first-order valence-corrected chi connectivity index (χ1v) is 9.28. The molecule has 0 aliphatic carbocycles. The van der Waals surface area contributed by atoms with Gasteiger partial charge in [0.1, 0.15) is 4.21 Å². The summed E-state index contributed by atoms with van der Waals surface area (Å²) in [7, 11) is -3.78. The first-order chi connectivity index (χ1) is 10.7. The zero-order valence-corrected chi connectivity index (χ0v) is 14.1. The first kappa shape index (κ1) is 17.9. The quantitative estimate of drug-likeness (QED) is 0.635. The molecule has 2 heterocycles. The number of carboxylic acids is 1. The first-order valence-electron chi connectivity index (χ1n) is 6.91. The molecule has 0 saturated carbocycles. The van der Waals surface area contributed by atoms with E-state index in [1.165, 1.54) is 13.0 Å². The molecular formula is C13H18N2O6S2. The highest BCUT2D eigenvalue weighted by Crippen LogP contribution is 2.23. The highest BCUT2D eigenvalue weighted by Gasteiger charge is 2.39. The number of aliphatic carboxylic acids is 1. The molecule has 8 nitrogen and oxygen atoms in total. The van der Waals surface area contributed by atoms with Gasteiger partial charge in [-0.05, 0) is 24.8 Å². The van der Waals surface area contributed by atoms with Gasteiger partial charge < -0.3 is 15.2 Å². The minimum Gasteiger partial charge on any atom is -0.481 e. The molecular weight excluding hydrogens is 344 g/mol. The third kappa shape index (κ3) is 4.50. The van der Waals surface area contributed by atoms with Crippen LogP contribution >= 0.6 is 11.3 Å². The largest absolute Gasteiger partial charge is 0.481 e. The van der Waals surface area contributed by atoms with Crippen LogP contribution in [0.5, 0.6) is 0 Å². The Morgan fingerprint density at radius 1 is 1.52 bits per heavy atom. The normalized spacial score (nSPS) is 22.7. The second-order valence-electron chi connectivity index (χ2n) is 5.42. The van der Waals surface area contributed by atoms with Crippen LogP contribution in [0.1, 0.15) is 19.8 Å². The highest BCUT2D eigenvalue weighted by molar-refractivity contribution is 7.91. The molecule has 1 aliphatic rings. The summed E-state index contributed by atoms with van der Waals surface area (Å²) in [5, 5.41) is 13.2. The Morgan fingerprint density at radius 2 is 2.26 bits per heavy atom. The predicted octanol–water partition coefficient (Wildman–Crippen LogP) is 0.165. The molecule has 128 valence electrons. The van der Waals surface area contributed by atoms with E-state index in [4.69, 9.17) is 9.84 Å². The van der Waals surface area contributed by atoms with Crippen molar-refractivity contribution in [2.75, 3.05) is 13.2 Å². The minimum atomic E-state index is -3.78. The molecule has 2 rings (SSSR count). The molecule has 1 aromatic rings. The van der Waals surface area contributed by atoms with Crippen LogP contribution < -0.4 is 10.0 Å². The fourth-order valence-corrected chi connectivity index (χ4v) is 4.52. The fourth-order valence-electron chi connectivity index (χ4n) is 2.31. The molecule has 3 N–H and O–H groups in total. The lowest BCUT2D eigenvalue weighted by atomic mass is 9.94. The van der Waals surface area contributed by atoms with Gasteiger partial charge >= 0.3 is 5.97 Å². The second-order valence-corrected chi connectivity index (χ2v) is 8.31. The SMILES string of the molecule is CC(NS(=O)(=O)c1cccs1)C(=O)NC1(CC(=O)O)CCOC1. The van der Waals surface area contributed by atoms with Crippen LogP contribution in [0, 0.1) is 0 Å². The van der Waals surface area contributed by atoms with Crippen molar-refractivity contribution in [3.63, 3.8) is 0 Å². The Morgan fingerprint density at radius 3 is 2.78 bits per heavy atom. The molecule has 0 bridgehead atoms. The van der Waals surface area contributed by atoms with E-state index in [-0.39, 0.29) is 17.2 Å². The van der Waals surface area contributed by atoms with Gasteiger partial charge in [0.05, 0.1) is 24.6 Å². The third-order valence-electron chi connectivity index (χ3n) is 3.47. The van der Waals surface area contributed by atoms with Crippen molar-refractivity contribution in [3.05, 3.63) is 17.5 Å². The molecule has 2 atom stereocenters. The van der Waals surface area contributed by atoms with Crippen molar-refractivity contribution >= 4 is 33.2 Å². The Labute approximate surface area is 137 Å². The lowest BCUT2D eigenvalue weighted by Crippen LogP contribution is -2.56. The lowest BCUT2D eigenvalue weighted by Gasteiger charge is -2.28. The summed E-state index contributed by atoms with van der Waals surface area (Å²) in [6, 6.07) is 2.00. The minimum absolute atomic E-state index is 0.0927. The number of carboxylic acid groups (broad SMARTS) is 1. The van der Waals surface area contributed by atoms with Gasteiger partial charge in [0.25, 0.3) is 10.0 Å². The zero-order valence-electron chi connectivity index (χ0n) is 12.4. The second kappa shape index (κ2) is 6.95. The fraction of sp³-hybridized carbons (Fsp3) is 0.538. The number of rotatable bonds is 7. The maximum Gasteiger partial charge on any atom is 0.305 e. The van der Waals surface area contributed by atoms with Crippen LogP contribution in [0.25, 0.3) is 0 Å². The number of thiophene rings is 1. The van der Waals surface area contributed by atoms with E-state index in [1.807, 2.05) is 0 Å². The maximum absolute atomic E-state index is 12.2. The number of amides is 1. The zero-order chi connectivity index (χ0) is 17.1. The average molecular weight is 362 g/mol. The standard InChI is InChI=1S/C13H18N2O6S2/c1-9(15-23(19,20)11-3-2-6-22-11)12(18)14-13(7-10(16)17)4-5-21-8-13/h2-3,6,9,15H,4-5,7-8H2,1H3,(H,14,18)(H,16,17). The highest BCUT2D eigenvalue weighted by atomic mass is 32.2. The monoisotopic (exact) mass is 362 g/mol. The van der Waals surface area contributed by atoms with Gasteiger partial charge in [-0.2, -0.15) is 4.72 Å². The Balaban J connectivity index is 2.03. The summed E-state index contributed by atoms with van der Waals surface area (Å²) in [4.78, 5) is 23.2. The van der Waals surface area contributed by atoms with Crippen LogP contribution in [0.3, 0.4) is 0 Å². The van der Waals surface area contributed by atoms with E-state index in [0.717, 1.165) is 11.3 Å². The smallest absolute Gasteiger partial charge is 0.305 e. The van der Waals surface area contributed by atoms with E-state index < -0.39 is 33.5 Å². The van der Waals surface area contributed by atoms with E-state index in [0.29, 0.717) is 13.0 Å². The van der Waals surface area contributed by atoms with Crippen LogP contribution in [0.2, 0.25) is 0 Å². The van der Waals surface area contributed by atoms with Crippen molar-refractivity contribution < 1.29 is 27.9 Å². The Hall–Kier alpha value is -1.49. The van der Waals surface area contributed by atoms with Gasteiger partial charge in [-0.3, -0.25) is 9.59 Å². The van der Waals surface area contributed by atoms with E-state index in [1.54, 1.807) is 11.4 Å². The molecule has 10 heteroatoms. The molecule has 1 saturated heterocycles. The van der Waals surface area contributed by atoms with Gasteiger partial charge in [0, 0.05) is 6.61 Å². The number of hydrogen-bond acceptors (Lipinski definition) is 6. The van der Waals surface area contributed by atoms with Crippen molar-refractivity contribution in [2.45, 2.75) is 35.6 Å². The topological polar surface area (TPSA) is 122 Å². The summed E-state index contributed by atoms with van der Waals surface area (Å²) >= 11 is 1.04. The van der Waals surface area contributed by atoms with Gasteiger partial charge in [-0.25, -0.2) is 8.42 Å². The molecule has 0 aromatic carbocycles. The number of hydrogen-bond donors (Lipinski definition) is 3. The van der Waals surface area contributed by atoms with Gasteiger partial charge in [-0.1, -0.05) is 6.07 Å². The summed E-state index contributed by atoms with van der Waals surface area (Å²) in [6.07, 6.45) is 0.0958. The molecule has 1 fully saturated rings. The molecule has 0 radical (unpaired) electrons. The molecule has 1 aliphatic heterocycles. The molecule has 23 heavy (non-hydrogen) atoms. The summed E-state index contributed by atoms with van der Waals surface area (Å²) in [6.45, 7) is 1.85. The van der Waals surface area contributed by atoms with E-state index in [2.05, 4.69) is 10.0 Å². The predicted molar refractivity (Wildman–Crippen MR) is 82.7 cm³/mol. The lowest BCUT2D eigenvalue weighted by molar-refractivity contribution is -0.139. The van der Waals surface area contributed by atoms with Crippen molar-refractivity contribution in [1.82, 2.24) is 10.0 Å². The number of sulfonamides is 1. The van der Waals surface area contributed by atoms with Crippen LogP contribution in [-0.4, -0.2) is 50.2 Å². The molecule has 0 spiro atoms. The van der Waals surface area contributed by atoms with Gasteiger partial charge in [-0.15, -0.1) is 11.3 Å². The maximum atomic E-state index is 12.2. The van der Waals surface area contributed by atoms with Gasteiger partial charge in [0.15, 0.2) is 0 Å². The van der Waals surface area contributed by atoms with Crippen LogP contribution in [0.4, 0.5) is 0 Å². The number of carbonyl (C=O) groups excluding carboxylic acids is 1. The Kier molecular flexibility index (Phi) is 5.40. The third-order valence-corrected chi connectivity index (χ3v) is 6.40. The number of carbonyl (C=O) groups is 2. The average Bonchev–Trinajstić information content (AvgIpc) is 3.09.